The SMILES string of the molecule is CCOc1ccc(N2C(=O)/C(=C/c3ccc(OCc4ccccc4C#N)c(Cl)c3)N(C)C2=S)cc1. The molecule has 4 rings (SSSR count). The van der Waals surface area contributed by atoms with Gasteiger partial charge in [-0.25, -0.2) is 0 Å². The Morgan fingerprint density at radius 2 is 1.83 bits per heavy atom. The lowest BCUT2D eigenvalue weighted by Gasteiger charge is -2.16. The Kier molecular flexibility index (Phi) is 7.35. The summed E-state index contributed by atoms with van der Waals surface area (Å²) in [6.07, 6.45) is 1.74. The lowest BCUT2D eigenvalue weighted by Crippen LogP contribution is -2.31. The summed E-state index contributed by atoms with van der Waals surface area (Å²) in [5, 5.41) is 10.0. The number of benzene rings is 3. The molecule has 0 saturated carbocycles. The molecule has 1 aliphatic heterocycles. The van der Waals surface area contributed by atoms with Crippen LogP contribution >= 0.6 is 23.8 Å². The fraction of sp³-hybridized carbons (Fsp3) is 0.148. The van der Waals surface area contributed by atoms with E-state index in [1.807, 2.05) is 37.3 Å². The quantitative estimate of drug-likeness (QED) is 0.300. The van der Waals surface area contributed by atoms with Gasteiger partial charge in [0.1, 0.15) is 23.8 Å². The molecule has 1 aliphatic rings. The summed E-state index contributed by atoms with van der Waals surface area (Å²) in [6, 6.07) is 21.9. The van der Waals surface area contributed by atoms with Crippen LogP contribution in [0, 0.1) is 11.3 Å². The molecule has 6 nitrogen and oxygen atoms in total. The van der Waals surface area contributed by atoms with Crippen molar-refractivity contribution < 1.29 is 14.3 Å². The molecule has 176 valence electrons. The van der Waals surface area contributed by atoms with Gasteiger partial charge in [0.15, 0.2) is 5.11 Å². The molecule has 0 atom stereocenters. The Bertz CT molecular complexity index is 1350. The summed E-state index contributed by atoms with van der Waals surface area (Å²) >= 11 is 12.0. The van der Waals surface area contributed by atoms with Crippen molar-refractivity contribution in [1.29, 1.82) is 5.26 Å². The molecule has 0 spiro atoms. The maximum Gasteiger partial charge on any atom is 0.281 e. The number of hydrogen-bond acceptors (Lipinski definition) is 5. The molecule has 1 saturated heterocycles. The summed E-state index contributed by atoms with van der Waals surface area (Å²) < 4.78 is 11.3. The first-order valence-electron chi connectivity index (χ1n) is 10.9. The molecule has 3 aromatic rings. The van der Waals surface area contributed by atoms with E-state index in [-0.39, 0.29) is 12.5 Å². The number of halogens is 1. The van der Waals surface area contributed by atoms with E-state index in [0.29, 0.717) is 39.4 Å². The number of thiocarbonyl (C=S) groups is 1. The van der Waals surface area contributed by atoms with Gasteiger partial charge in [0, 0.05) is 12.6 Å². The van der Waals surface area contributed by atoms with Crippen LogP contribution in [0.25, 0.3) is 6.08 Å². The van der Waals surface area contributed by atoms with Gasteiger partial charge in [0.25, 0.3) is 5.91 Å². The lowest BCUT2D eigenvalue weighted by molar-refractivity contribution is -0.114. The molecule has 8 heteroatoms. The van der Waals surface area contributed by atoms with Crippen LogP contribution in [0.3, 0.4) is 0 Å². The molecule has 35 heavy (non-hydrogen) atoms. The molecule has 3 aromatic carbocycles. The van der Waals surface area contributed by atoms with Gasteiger partial charge in [-0.2, -0.15) is 5.26 Å². The first-order valence-corrected chi connectivity index (χ1v) is 11.7. The molecule has 0 aliphatic carbocycles. The Morgan fingerprint density at radius 3 is 2.51 bits per heavy atom. The zero-order valence-electron chi connectivity index (χ0n) is 19.2. The molecular weight excluding hydrogens is 482 g/mol. The maximum atomic E-state index is 13.2. The van der Waals surface area contributed by atoms with E-state index in [1.165, 1.54) is 4.90 Å². The number of carbonyl (C=O) groups is 1. The van der Waals surface area contributed by atoms with Gasteiger partial charge in [0.2, 0.25) is 0 Å². The molecule has 1 fully saturated rings. The molecule has 0 radical (unpaired) electrons. The Balaban J connectivity index is 1.52. The number of ether oxygens (including phenoxy) is 2. The van der Waals surface area contributed by atoms with Crippen LogP contribution in [-0.4, -0.2) is 29.6 Å². The van der Waals surface area contributed by atoms with Gasteiger partial charge >= 0.3 is 0 Å². The van der Waals surface area contributed by atoms with E-state index >= 15 is 0 Å². The van der Waals surface area contributed by atoms with Gasteiger partial charge < -0.3 is 14.4 Å². The van der Waals surface area contributed by atoms with Gasteiger partial charge in [-0.1, -0.05) is 35.9 Å². The van der Waals surface area contributed by atoms with E-state index in [9.17, 15) is 10.1 Å². The molecule has 0 aromatic heterocycles. The van der Waals surface area contributed by atoms with Crippen molar-refractivity contribution in [2.75, 3.05) is 18.6 Å². The lowest BCUT2D eigenvalue weighted by atomic mass is 10.1. The third-order valence-corrected chi connectivity index (χ3v) is 6.20. The van der Waals surface area contributed by atoms with Crippen LogP contribution in [0.1, 0.15) is 23.6 Å². The number of likely N-dealkylation sites (N-methyl/N-ethyl adjacent to an activating group) is 1. The normalized spacial score (nSPS) is 14.4. The Labute approximate surface area is 214 Å². The van der Waals surface area contributed by atoms with Crippen LogP contribution in [0.2, 0.25) is 5.02 Å². The van der Waals surface area contributed by atoms with E-state index in [1.54, 1.807) is 54.4 Å². The first kappa shape index (κ1) is 24.3. The summed E-state index contributed by atoms with van der Waals surface area (Å²) in [6.45, 7) is 2.70. The minimum atomic E-state index is -0.230. The fourth-order valence-corrected chi connectivity index (χ4v) is 4.17. The summed E-state index contributed by atoms with van der Waals surface area (Å²) in [4.78, 5) is 16.4. The average Bonchev–Trinajstić information content (AvgIpc) is 3.07. The topological polar surface area (TPSA) is 65.8 Å². The maximum absolute atomic E-state index is 13.2. The van der Waals surface area contributed by atoms with Crippen LogP contribution in [0.15, 0.2) is 72.4 Å². The monoisotopic (exact) mass is 503 g/mol. The number of nitriles is 1. The predicted molar refractivity (Wildman–Crippen MR) is 140 cm³/mol. The van der Waals surface area contributed by atoms with Gasteiger partial charge in [-0.05, 0) is 73.2 Å². The second kappa shape index (κ2) is 10.6. The van der Waals surface area contributed by atoms with E-state index in [2.05, 4.69) is 6.07 Å². The van der Waals surface area contributed by atoms with Crippen molar-refractivity contribution in [3.63, 3.8) is 0 Å². The van der Waals surface area contributed by atoms with Crippen molar-refractivity contribution in [3.05, 3.63) is 94.1 Å². The average molecular weight is 504 g/mol. The fourth-order valence-electron chi connectivity index (χ4n) is 3.63. The number of hydrogen-bond donors (Lipinski definition) is 0. The van der Waals surface area contributed by atoms with Crippen LogP contribution in [-0.2, 0) is 11.4 Å². The van der Waals surface area contributed by atoms with E-state index in [0.717, 1.165) is 16.9 Å². The highest BCUT2D eigenvalue weighted by atomic mass is 35.5. The Hall–Kier alpha value is -3.86. The number of carbonyl (C=O) groups excluding carboxylic acids is 1. The van der Waals surface area contributed by atoms with Crippen LogP contribution in [0.4, 0.5) is 5.69 Å². The largest absolute Gasteiger partial charge is 0.494 e. The zero-order valence-corrected chi connectivity index (χ0v) is 20.8. The number of anilines is 1. The minimum Gasteiger partial charge on any atom is -0.494 e. The summed E-state index contributed by atoms with van der Waals surface area (Å²) in [5.74, 6) is 0.983. The number of amides is 1. The molecular formula is C27H22ClN3O3S. The van der Waals surface area contributed by atoms with E-state index in [4.69, 9.17) is 33.3 Å². The van der Waals surface area contributed by atoms with Gasteiger partial charge in [0.05, 0.1) is 28.9 Å². The van der Waals surface area contributed by atoms with Gasteiger partial charge in [-0.15, -0.1) is 0 Å². The van der Waals surface area contributed by atoms with E-state index < -0.39 is 0 Å². The molecule has 0 N–H and O–H groups in total. The second-order valence-electron chi connectivity index (χ2n) is 7.69. The highest BCUT2D eigenvalue weighted by Gasteiger charge is 2.36. The zero-order chi connectivity index (χ0) is 24.9. The van der Waals surface area contributed by atoms with Crippen LogP contribution < -0.4 is 14.4 Å². The number of rotatable bonds is 7. The Morgan fingerprint density at radius 1 is 1.09 bits per heavy atom. The first-order chi connectivity index (χ1) is 16.9. The van der Waals surface area contributed by atoms with Crippen molar-refractivity contribution in [3.8, 4) is 17.6 Å². The highest BCUT2D eigenvalue weighted by Crippen LogP contribution is 2.31. The third-order valence-electron chi connectivity index (χ3n) is 5.45. The summed E-state index contributed by atoms with van der Waals surface area (Å²) in [7, 11) is 1.76. The predicted octanol–water partition coefficient (Wildman–Crippen LogP) is 5.79. The van der Waals surface area contributed by atoms with Crippen LogP contribution in [0.5, 0.6) is 11.5 Å². The summed E-state index contributed by atoms with van der Waals surface area (Å²) in [5.41, 5.74) is 3.15. The third kappa shape index (κ3) is 5.14. The molecule has 0 unspecified atom stereocenters. The molecule has 1 amide bonds. The standard InChI is InChI=1S/C27H22ClN3O3S/c1-3-33-22-11-9-21(10-12-22)31-26(32)24(30(2)27(31)35)15-18-8-13-25(23(28)14-18)34-17-20-7-5-4-6-19(20)16-29/h4-15H,3,17H2,1-2H3/b24-15-. The molecule has 0 bridgehead atoms. The molecule has 1 heterocycles. The van der Waals surface area contributed by atoms with Crippen molar-refractivity contribution in [1.82, 2.24) is 4.90 Å². The van der Waals surface area contributed by atoms with Crippen molar-refractivity contribution >= 4 is 46.6 Å². The minimum absolute atomic E-state index is 0.219. The second-order valence-corrected chi connectivity index (χ2v) is 8.46. The highest BCUT2D eigenvalue weighted by molar-refractivity contribution is 7.80. The smallest absolute Gasteiger partial charge is 0.281 e. The van der Waals surface area contributed by atoms with Crippen molar-refractivity contribution in [2.45, 2.75) is 13.5 Å². The van der Waals surface area contributed by atoms with Crippen molar-refractivity contribution in [2.24, 2.45) is 0 Å². The van der Waals surface area contributed by atoms with Gasteiger partial charge in [-0.3, -0.25) is 9.69 Å². The number of nitrogens with zero attached hydrogens (tertiary/aromatic N) is 3.